The molecular weight excluding hydrogens is 218 g/mol. The molecule has 1 heterocycles. The number of aromatic nitrogens is 2. The van der Waals surface area contributed by atoms with Crippen LogP contribution in [0.2, 0.25) is 0 Å². The van der Waals surface area contributed by atoms with E-state index in [1.807, 2.05) is 32.0 Å². The van der Waals surface area contributed by atoms with E-state index in [0.717, 1.165) is 16.9 Å². The Morgan fingerprint density at radius 3 is 2.82 bits per heavy atom. The first kappa shape index (κ1) is 11.6. The molecule has 0 unspecified atom stereocenters. The predicted molar refractivity (Wildman–Crippen MR) is 63.5 cm³/mol. The average molecular weight is 233 g/mol. The number of nitrogens with zero attached hydrogens (tertiary/aromatic N) is 2. The maximum Gasteiger partial charge on any atom is 0.240 e. The van der Waals surface area contributed by atoms with Gasteiger partial charge in [0.05, 0.1) is 13.2 Å². The van der Waals surface area contributed by atoms with Gasteiger partial charge < -0.3 is 15.0 Å². The fourth-order valence-corrected chi connectivity index (χ4v) is 1.56. The number of hydrogen-bond acceptors (Lipinski definition) is 5. The predicted octanol–water partition coefficient (Wildman–Crippen LogP) is 1.90. The van der Waals surface area contributed by atoms with E-state index in [1.54, 1.807) is 0 Å². The number of hydrogen-bond donors (Lipinski definition) is 1. The van der Waals surface area contributed by atoms with Crippen LogP contribution in [-0.2, 0) is 6.54 Å². The van der Waals surface area contributed by atoms with Gasteiger partial charge in [0.2, 0.25) is 11.7 Å². The molecule has 0 radical (unpaired) electrons. The van der Waals surface area contributed by atoms with Gasteiger partial charge in [-0.1, -0.05) is 5.16 Å². The highest BCUT2D eigenvalue weighted by Crippen LogP contribution is 2.24. The van der Waals surface area contributed by atoms with E-state index in [2.05, 4.69) is 10.1 Å². The van der Waals surface area contributed by atoms with Gasteiger partial charge in [0.1, 0.15) is 5.75 Å². The molecule has 17 heavy (non-hydrogen) atoms. The second kappa shape index (κ2) is 4.97. The third-order valence-corrected chi connectivity index (χ3v) is 2.38. The van der Waals surface area contributed by atoms with Crippen LogP contribution in [0.5, 0.6) is 5.75 Å². The van der Waals surface area contributed by atoms with E-state index in [-0.39, 0.29) is 6.54 Å². The smallest absolute Gasteiger partial charge is 0.240 e. The molecule has 2 N–H and O–H groups in total. The van der Waals surface area contributed by atoms with Crippen molar-refractivity contribution < 1.29 is 9.26 Å². The van der Waals surface area contributed by atoms with Crippen molar-refractivity contribution in [3.05, 3.63) is 29.7 Å². The van der Waals surface area contributed by atoms with Gasteiger partial charge in [-0.05, 0) is 37.6 Å². The third kappa shape index (κ3) is 2.45. The number of aryl methyl sites for hydroxylation is 1. The molecule has 1 aromatic heterocycles. The molecular formula is C12H15N3O2. The summed E-state index contributed by atoms with van der Waals surface area (Å²) < 4.78 is 10.4. The van der Waals surface area contributed by atoms with Gasteiger partial charge >= 0.3 is 0 Å². The minimum atomic E-state index is 0.253. The molecule has 0 aliphatic rings. The van der Waals surface area contributed by atoms with Crippen LogP contribution in [0.15, 0.2) is 22.7 Å². The van der Waals surface area contributed by atoms with Crippen molar-refractivity contribution in [3.63, 3.8) is 0 Å². The van der Waals surface area contributed by atoms with Gasteiger partial charge in [-0.25, -0.2) is 0 Å². The molecule has 0 saturated heterocycles. The lowest BCUT2D eigenvalue weighted by atomic mass is 10.1. The Bertz CT molecular complexity index is 508. The topological polar surface area (TPSA) is 74.2 Å². The normalized spacial score (nSPS) is 10.5. The van der Waals surface area contributed by atoms with Gasteiger partial charge in [0.15, 0.2) is 0 Å². The summed E-state index contributed by atoms with van der Waals surface area (Å²) >= 11 is 0. The van der Waals surface area contributed by atoms with E-state index >= 15 is 0 Å². The summed E-state index contributed by atoms with van der Waals surface area (Å²) in [6.45, 7) is 4.85. The largest absolute Gasteiger partial charge is 0.494 e. The van der Waals surface area contributed by atoms with Crippen molar-refractivity contribution in [1.82, 2.24) is 10.1 Å². The van der Waals surface area contributed by atoms with Crippen LogP contribution in [0.25, 0.3) is 11.4 Å². The zero-order valence-electron chi connectivity index (χ0n) is 9.93. The molecule has 0 bridgehead atoms. The second-order valence-corrected chi connectivity index (χ2v) is 3.63. The van der Waals surface area contributed by atoms with Crippen LogP contribution in [0.3, 0.4) is 0 Å². The molecule has 0 spiro atoms. The molecule has 0 fully saturated rings. The Morgan fingerprint density at radius 1 is 1.41 bits per heavy atom. The van der Waals surface area contributed by atoms with E-state index in [0.29, 0.717) is 18.3 Å². The Labute approximate surface area is 99.6 Å². The highest BCUT2D eigenvalue weighted by atomic mass is 16.5. The van der Waals surface area contributed by atoms with E-state index in [4.69, 9.17) is 15.0 Å². The van der Waals surface area contributed by atoms with Crippen molar-refractivity contribution >= 4 is 0 Å². The van der Waals surface area contributed by atoms with E-state index < -0.39 is 0 Å². The van der Waals surface area contributed by atoms with Gasteiger partial charge in [0.25, 0.3) is 0 Å². The minimum Gasteiger partial charge on any atom is -0.494 e. The van der Waals surface area contributed by atoms with Crippen molar-refractivity contribution in [2.75, 3.05) is 6.61 Å². The number of ether oxygens (including phenoxy) is 1. The summed E-state index contributed by atoms with van der Waals surface area (Å²) in [7, 11) is 0. The summed E-state index contributed by atoms with van der Waals surface area (Å²) in [5.74, 6) is 1.86. The van der Waals surface area contributed by atoms with Crippen molar-refractivity contribution in [1.29, 1.82) is 0 Å². The van der Waals surface area contributed by atoms with Crippen LogP contribution in [-0.4, -0.2) is 16.7 Å². The lowest BCUT2D eigenvalue weighted by Gasteiger charge is -2.07. The van der Waals surface area contributed by atoms with Crippen molar-refractivity contribution in [2.24, 2.45) is 5.73 Å². The van der Waals surface area contributed by atoms with Crippen LogP contribution in [0, 0.1) is 6.92 Å². The van der Waals surface area contributed by atoms with Gasteiger partial charge in [-0.2, -0.15) is 4.98 Å². The van der Waals surface area contributed by atoms with E-state index in [1.165, 1.54) is 0 Å². The SMILES string of the molecule is CCOc1ccc(-c2noc(CN)n2)cc1C. The van der Waals surface area contributed by atoms with Crippen LogP contribution >= 0.6 is 0 Å². The summed E-state index contributed by atoms with van der Waals surface area (Å²) in [4.78, 5) is 4.17. The maximum atomic E-state index is 5.47. The summed E-state index contributed by atoms with van der Waals surface area (Å²) in [5.41, 5.74) is 7.36. The molecule has 5 heteroatoms. The Kier molecular flexibility index (Phi) is 3.39. The van der Waals surface area contributed by atoms with Crippen molar-refractivity contribution in [3.8, 4) is 17.1 Å². The fourth-order valence-electron chi connectivity index (χ4n) is 1.56. The molecule has 0 aliphatic heterocycles. The second-order valence-electron chi connectivity index (χ2n) is 3.63. The van der Waals surface area contributed by atoms with Gasteiger partial charge in [0, 0.05) is 5.56 Å². The third-order valence-electron chi connectivity index (χ3n) is 2.38. The molecule has 0 saturated carbocycles. The fraction of sp³-hybridized carbons (Fsp3) is 0.333. The van der Waals surface area contributed by atoms with E-state index in [9.17, 15) is 0 Å². The molecule has 2 rings (SSSR count). The van der Waals surface area contributed by atoms with Gasteiger partial charge in [-0.15, -0.1) is 0 Å². The summed E-state index contributed by atoms with van der Waals surface area (Å²) in [5, 5.41) is 3.87. The first-order valence-electron chi connectivity index (χ1n) is 5.51. The monoisotopic (exact) mass is 233 g/mol. The zero-order valence-corrected chi connectivity index (χ0v) is 9.93. The molecule has 0 amide bonds. The lowest BCUT2D eigenvalue weighted by Crippen LogP contribution is -1.96. The first-order valence-corrected chi connectivity index (χ1v) is 5.51. The molecule has 5 nitrogen and oxygen atoms in total. The quantitative estimate of drug-likeness (QED) is 0.873. The van der Waals surface area contributed by atoms with Crippen LogP contribution in [0.1, 0.15) is 18.4 Å². The Morgan fingerprint density at radius 2 is 2.24 bits per heavy atom. The molecule has 90 valence electrons. The highest BCUT2D eigenvalue weighted by molar-refractivity contribution is 5.58. The molecule has 0 aliphatic carbocycles. The zero-order chi connectivity index (χ0) is 12.3. The number of benzene rings is 1. The number of nitrogens with two attached hydrogens (primary N) is 1. The first-order chi connectivity index (χ1) is 8.24. The molecule has 0 atom stereocenters. The minimum absolute atomic E-state index is 0.253. The van der Waals surface area contributed by atoms with Crippen LogP contribution < -0.4 is 10.5 Å². The summed E-state index contributed by atoms with van der Waals surface area (Å²) in [6, 6.07) is 5.78. The Balaban J connectivity index is 2.30. The lowest BCUT2D eigenvalue weighted by molar-refractivity contribution is 0.338. The molecule has 1 aromatic carbocycles. The molecule has 2 aromatic rings. The number of rotatable bonds is 4. The standard InChI is InChI=1S/C12H15N3O2/c1-3-16-10-5-4-9(6-8(10)2)12-14-11(7-13)17-15-12/h4-6H,3,7,13H2,1-2H3. The maximum absolute atomic E-state index is 5.47. The van der Waals surface area contributed by atoms with Gasteiger partial charge in [-0.3, -0.25) is 0 Å². The summed E-state index contributed by atoms with van der Waals surface area (Å²) in [6.07, 6.45) is 0. The highest BCUT2D eigenvalue weighted by Gasteiger charge is 2.09. The average Bonchev–Trinajstić information content (AvgIpc) is 2.80. The van der Waals surface area contributed by atoms with Crippen LogP contribution in [0.4, 0.5) is 0 Å². The Hall–Kier alpha value is -1.88. The van der Waals surface area contributed by atoms with Crippen molar-refractivity contribution in [2.45, 2.75) is 20.4 Å².